The molecule has 0 heterocycles. The van der Waals surface area contributed by atoms with Crippen molar-refractivity contribution in [2.24, 2.45) is 0 Å². The van der Waals surface area contributed by atoms with Crippen molar-refractivity contribution in [2.45, 2.75) is 13.8 Å². The van der Waals surface area contributed by atoms with Gasteiger partial charge in [0.15, 0.2) is 6.61 Å². The molecule has 0 fully saturated rings. The Balaban J connectivity index is 1.99. The normalized spacial score (nSPS) is 10.3. The molecule has 2 aromatic rings. The van der Waals surface area contributed by atoms with Gasteiger partial charge in [-0.2, -0.15) is 0 Å². The molecule has 1 N–H and O–H groups in total. The maximum Gasteiger partial charge on any atom is 0.338 e. The van der Waals surface area contributed by atoms with Crippen LogP contribution in [-0.2, 0) is 9.53 Å². The second kappa shape index (κ2) is 7.49. The molecule has 0 atom stereocenters. The summed E-state index contributed by atoms with van der Waals surface area (Å²) in [7, 11) is 0. The molecule has 23 heavy (non-hydrogen) atoms. The molecule has 4 nitrogen and oxygen atoms in total. The van der Waals surface area contributed by atoms with Crippen LogP contribution in [0.15, 0.2) is 36.4 Å². The largest absolute Gasteiger partial charge is 0.452 e. The average Bonchev–Trinajstić information content (AvgIpc) is 2.51. The first-order valence-electron chi connectivity index (χ1n) is 6.87. The zero-order valence-corrected chi connectivity index (χ0v) is 14.2. The third-order valence-electron chi connectivity index (χ3n) is 3.39. The van der Waals surface area contributed by atoms with Crippen molar-refractivity contribution in [3.63, 3.8) is 0 Å². The van der Waals surface area contributed by atoms with Gasteiger partial charge in [0.1, 0.15) is 0 Å². The summed E-state index contributed by atoms with van der Waals surface area (Å²) in [6, 6.07) is 10.2. The number of rotatable bonds is 4. The van der Waals surface area contributed by atoms with Crippen LogP contribution in [0.5, 0.6) is 0 Å². The zero-order valence-electron chi connectivity index (χ0n) is 12.7. The topological polar surface area (TPSA) is 55.4 Å². The molecule has 2 aromatic carbocycles. The summed E-state index contributed by atoms with van der Waals surface area (Å²) in [5.41, 5.74) is 2.54. The summed E-state index contributed by atoms with van der Waals surface area (Å²) in [4.78, 5) is 24.0. The number of anilines is 1. The number of aryl methyl sites for hydroxylation is 1. The van der Waals surface area contributed by atoms with Crippen LogP contribution in [-0.4, -0.2) is 18.5 Å². The fourth-order valence-corrected chi connectivity index (χ4v) is 2.47. The highest BCUT2D eigenvalue weighted by atomic mass is 35.5. The van der Waals surface area contributed by atoms with Crippen LogP contribution in [0.1, 0.15) is 21.5 Å². The number of benzene rings is 2. The molecular formula is C17H15Cl2NO3. The lowest BCUT2D eigenvalue weighted by Crippen LogP contribution is -2.21. The quantitative estimate of drug-likeness (QED) is 0.830. The lowest BCUT2D eigenvalue weighted by atomic mass is 10.0. The van der Waals surface area contributed by atoms with Crippen LogP contribution in [0.3, 0.4) is 0 Å². The SMILES string of the molecule is Cc1cccc(C(=O)OCC(=O)Nc2c(Cl)cccc2Cl)c1C. The van der Waals surface area contributed by atoms with E-state index < -0.39 is 18.5 Å². The highest BCUT2D eigenvalue weighted by molar-refractivity contribution is 6.39. The van der Waals surface area contributed by atoms with Gasteiger partial charge in [-0.1, -0.05) is 41.4 Å². The van der Waals surface area contributed by atoms with Crippen molar-refractivity contribution in [2.75, 3.05) is 11.9 Å². The van der Waals surface area contributed by atoms with Crippen LogP contribution in [0, 0.1) is 13.8 Å². The molecular weight excluding hydrogens is 337 g/mol. The number of hydrogen-bond donors (Lipinski definition) is 1. The van der Waals surface area contributed by atoms with E-state index >= 15 is 0 Å². The first kappa shape index (κ1) is 17.3. The number of para-hydroxylation sites is 1. The van der Waals surface area contributed by atoms with Gasteiger partial charge in [0.25, 0.3) is 5.91 Å². The van der Waals surface area contributed by atoms with E-state index in [1.807, 2.05) is 19.9 Å². The van der Waals surface area contributed by atoms with Crippen LogP contribution in [0.4, 0.5) is 5.69 Å². The van der Waals surface area contributed by atoms with Gasteiger partial charge in [-0.05, 0) is 43.2 Å². The lowest BCUT2D eigenvalue weighted by molar-refractivity contribution is -0.119. The Labute approximate surface area is 144 Å². The number of hydrogen-bond acceptors (Lipinski definition) is 3. The summed E-state index contributed by atoms with van der Waals surface area (Å²) in [6.45, 7) is 3.31. The maximum atomic E-state index is 12.1. The van der Waals surface area contributed by atoms with E-state index in [9.17, 15) is 9.59 Å². The van der Waals surface area contributed by atoms with Crippen molar-refractivity contribution in [1.29, 1.82) is 0 Å². The van der Waals surface area contributed by atoms with Crippen molar-refractivity contribution >= 4 is 40.8 Å². The molecule has 120 valence electrons. The summed E-state index contributed by atoms with van der Waals surface area (Å²) in [6.07, 6.45) is 0. The van der Waals surface area contributed by atoms with E-state index in [0.29, 0.717) is 21.3 Å². The van der Waals surface area contributed by atoms with Crippen LogP contribution in [0.2, 0.25) is 10.0 Å². The predicted octanol–water partition coefficient (Wildman–Crippen LogP) is 4.41. The number of carbonyl (C=O) groups is 2. The number of nitrogens with one attached hydrogen (secondary N) is 1. The molecule has 2 rings (SSSR count). The minimum absolute atomic E-state index is 0.295. The Hall–Kier alpha value is -2.04. The maximum absolute atomic E-state index is 12.1. The van der Waals surface area contributed by atoms with Gasteiger partial charge in [-0.15, -0.1) is 0 Å². The van der Waals surface area contributed by atoms with Gasteiger partial charge < -0.3 is 10.1 Å². The fourth-order valence-electron chi connectivity index (χ4n) is 1.97. The standard InChI is InChI=1S/C17H15Cl2NO3/c1-10-5-3-6-12(11(10)2)17(22)23-9-15(21)20-16-13(18)7-4-8-14(16)19/h3-8H,9H2,1-2H3,(H,20,21). The van der Waals surface area contributed by atoms with E-state index in [4.69, 9.17) is 27.9 Å². The summed E-state index contributed by atoms with van der Waals surface area (Å²) < 4.78 is 5.04. The molecule has 0 bridgehead atoms. The number of ether oxygens (including phenoxy) is 1. The highest BCUT2D eigenvalue weighted by Crippen LogP contribution is 2.29. The fraction of sp³-hybridized carbons (Fsp3) is 0.176. The van der Waals surface area contributed by atoms with Gasteiger partial charge >= 0.3 is 5.97 Å². The molecule has 1 amide bonds. The van der Waals surface area contributed by atoms with Crippen molar-refractivity contribution in [3.05, 3.63) is 63.1 Å². The van der Waals surface area contributed by atoms with Crippen LogP contribution in [0.25, 0.3) is 0 Å². The van der Waals surface area contributed by atoms with Gasteiger partial charge in [0.2, 0.25) is 0 Å². The highest BCUT2D eigenvalue weighted by Gasteiger charge is 2.15. The third kappa shape index (κ3) is 4.24. The van der Waals surface area contributed by atoms with E-state index in [1.165, 1.54) is 0 Å². The smallest absolute Gasteiger partial charge is 0.338 e. The molecule has 6 heteroatoms. The Morgan fingerprint density at radius 3 is 2.30 bits per heavy atom. The molecule has 0 unspecified atom stereocenters. The summed E-state index contributed by atoms with van der Waals surface area (Å²) in [5, 5.41) is 3.15. The summed E-state index contributed by atoms with van der Waals surface area (Å²) >= 11 is 11.9. The third-order valence-corrected chi connectivity index (χ3v) is 4.02. The molecule has 0 radical (unpaired) electrons. The van der Waals surface area contributed by atoms with Gasteiger partial charge in [-0.3, -0.25) is 4.79 Å². The number of carbonyl (C=O) groups excluding carboxylic acids is 2. The Morgan fingerprint density at radius 1 is 1.04 bits per heavy atom. The molecule has 0 saturated heterocycles. The van der Waals surface area contributed by atoms with E-state index in [1.54, 1.807) is 30.3 Å². The average molecular weight is 352 g/mol. The van der Waals surface area contributed by atoms with Crippen molar-refractivity contribution in [3.8, 4) is 0 Å². The number of halogens is 2. The second-order valence-corrected chi connectivity index (χ2v) is 5.78. The lowest BCUT2D eigenvalue weighted by Gasteiger charge is -2.11. The van der Waals surface area contributed by atoms with E-state index in [2.05, 4.69) is 5.32 Å². The zero-order chi connectivity index (χ0) is 17.0. The summed E-state index contributed by atoms with van der Waals surface area (Å²) in [5.74, 6) is -1.06. The van der Waals surface area contributed by atoms with E-state index in [-0.39, 0.29) is 0 Å². The number of esters is 1. The minimum Gasteiger partial charge on any atom is -0.452 e. The van der Waals surface area contributed by atoms with Gasteiger partial charge in [0.05, 0.1) is 21.3 Å². The van der Waals surface area contributed by atoms with Crippen LogP contribution < -0.4 is 5.32 Å². The van der Waals surface area contributed by atoms with Gasteiger partial charge in [0, 0.05) is 0 Å². The van der Waals surface area contributed by atoms with E-state index in [0.717, 1.165) is 11.1 Å². The first-order chi connectivity index (χ1) is 10.9. The molecule has 0 saturated carbocycles. The predicted molar refractivity (Wildman–Crippen MR) is 91.3 cm³/mol. The first-order valence-corrected chi connectivity index (χ1v) is 7.63. The molecule has 0 aromatic heterocycles. The van der Waals surface area contributed by atoms with Crippen molar-refractivity contribution < 1.29 is 14.3 Å². The Bertz CT molecular complexity index is 739. The van der Waals surface area contributed by atoms with Gasteiger partial charge in [-0.25, -0.2) is 4.79 Å². The number of amides is 1. The minimum atomic E-state index is -0.549. The second-order valence-electron chi connectivity index (χ2n) is 4.97. The molecule has 0 aliphatic heterocycles. The Morgan fingerprint density at radius 2 is 1.65 bits per heavy atom. The monoisotopic (exact) mass is 351 g/mol. The van der Waals surface area contributed by atoms with Crippen molar-refractivity contribution in [1.82, 2.24) is 0 Å². The molecule has 0 spiro atoms. The molecule has 0 aliphatic carbocycles. The molecule has 0 aliphatic rings. The van der Waals surface area contributed by atoms with Crippen LogP contribution >= 0.6 is 23.2 Å². The Kier molecular flexibility index (Phi) is 5.64.